The third-order valence-electron chi connectivity index (χ3n) is 3.65. The number of carbonyl (C=O) groups excluding carboxylic acids is 1. The lowest BCUT2D eigenvalue weighted by molar-refractivity contribution is 0.251. The van der Waals surface area contributed by atoms with Crippen molar-refractivity contribution < 1.29 is 9.18 Å². The van der Waals surface area contributed by atoms with Crippen molar-refractivity contribution in [2.24, 2.45) is 0 Å². The van der Waals surface area contributed by atoms with Gasteiger partial charge in [0.15, 0.2) is 5.82 Å². The van der Waals surface area contributed by atoms with Gasteiger partial charge in [-0.3, -0.25) is 5.32 Å². The monoisotopic (exact) mass is 343 g/mol. The molecule has 9 heteroatoms. The van der Waals surface area contributed by atoms with Gasteiger partial charge in [0.1, 0.15) is 18.0 Å². The van der Waals surface area contributed by atoms with Crippen molar-refractivity contribution >= 4 is 11.8 Å². The number of nitrogens with zero attached hydrogens (tertiary/aromatic N) is 5. The quantitative estimate of drug-likeness (QED) is 0.716. The molecule has 2 heterocycles. The van der Waals surface area contributed by atoms with E-state index in [4.69, 9.17) is 0 Å². The highest BCUT2D eigenvalue weighted by Gasteiger charge is 2.09. The normalized spacial score (nSPS) is 10.6. The second kappa shape index (κ2) is 7.56. The SMILES string of the molecule is CCn1cnnc1CNC(=O)Nc1ccnn1Cc1ccc(F)cc1. The maximum Gasteiger partial charge on any atom is 0.320 e. The van der Waals surface area contributed by atoms with Gasteiger partial charge in [0.05, 0.1) is 19.3 Å². The molecule has 0 aliphatic carbocycles. The summed E-state index contributed by atoms with van der Waals surface area (Å²) in [5, 5.41) is 17.4. The Bertz CT molecular complexity index is 840. The van der Waals surface area contributed by atoms with Gasteiger partial charge in [0, 0.05) is 12.6 Å². The van der Waals surface area contributed by atoms with Gasteiger partial charge in [-0.05, 0) is 24.6 Å². The van der Waals surface area contributed by atoms with Gasteiger partial charge >= 0.3 is 6.03 Å². The van der Waals surface area contributed by atoms with E-state index in [-0.39, 0.29) is 18.4 Å². The Morgan fingerprint density at radius 1 is 1.24 bits per heavy atom. The molecule has 0 radical (unpaired) electrons. The van der Waals surface area contributed by atoms with Crippen molar-refractivity contribution in [3.8, 4) is 0 Å². The van der Waals surface area contributed by atoms with Crippen molar-refractivity contribution in [1.29, 1.82) is 0 Å². The number of hydrogen-bond donors (Lipinski definition) is 2. The summed E-state index contributed by atoms with van der Waals surface area (Å²) in [5.41, 5.74) is 0.879. The van der Waals surface area contributed by atoms with Gasteiger partial charge in [-0.2, -0.15) is 5.10 Å². The minimum atomic E-state index is -0.369. The van der Waals surface area contributed by atoms with Crippen LogP contribution in [0.15, 0.2) is 42.9 Å². The minimum Gasteiger partial charge on any atom is -0.331 e. The molecular weight excluding hydrogens is 325 g/mol. The van der Waals surface area contributed by atoms with Crippen LogP contribution in [0.5, 0.6) is 0 Å². The van der Waals surface area contributed by atoms with E-state index >= 15 is 0 Å². The second-order valence-electron chi connectivity index (χ2n) is 5.34. The van der Waals surface area contributed by atoms with E-state index < -0.39 is 0 Å². The molecule has 0 unspecified atom stereocenters. The molecule has 1 aromatic carbocycles. The highest BCUT2D eigenvalue weighted by Crippen LogP contribution is 2.11. The molecule has 0 aliphatic heterocycles. The smallest absolute Gasteiger partial charge is 0.320 e. The fourth-order valence-electron chi connectivity index (χ4n) is 2.33. The summed E-state index contributed by atoms with van der Waals surface area (Å²) in [6.07, 6.45) is 3.21. The van der Waals surface area contributed by atoms with Crippen molar-refractivity contribution in [3.63, 3.8) is 0 Å². The molecule has 0 spiro atoms. The minimum absolute atomic E-state index is 0.270. The fourth-order valence-corrected chi connectivity index (χ4v) is 2.33. The van der Waals surface area contributed by atoms with E-state index in [2.05, 4.69) is 25.9 Å². The number of urea groups is 1. The number of amides is 2. The molecule has 2 aromatic heterocycles. The molecule has 130 valence electrons. The number of aromatic nitrogens is 5. The summed E-state index contributed by atoms with van der Waals surface area (Å²) in [5.74, 6) is 0.929. The number of aryl methyl sites for hydroxylation is 1. The first-order valence-electron chi connectivity index (χ1n) is 7.83. The molecule has 0 bridgehead atoms. The lowest BCUT2D eigenvalue weighted by atomic mass is 10.2. The predicted molar refractivity (Wildman–Crippen MR) is 89.3 cm³/mol. The predicted octanol–water partition coefficient (Wildman–Crippen LogP) is 2.00. The zero-order chi connectivity index (χ0) is 17.6. The highest BCUT2D eigenvalue weighted by molar-refractivity contribution is 5.88. The number of halogens is 1. The van der Waals surface area contributed by atoms with Crippen molar-refractivity contribution in [3.05, 3.63) is 60.1 Å². The molecule has 0 aliphatic rings. The number of anilines is 1. The van der Waals surface area contributed by atoms with Crippen LogP contribution in [-0.4, -0.2) is 30.6 Å². The summed E-state index contributed by atoms with van der Waals surface area (Å²) in [6, 6.07) is 7.46. The Kier molecular flexibility index (Phi) is 5.03. The molecular formula is C16H18FN7O. The van der Waals surface area contributed by atoms with Gasteiger partial charge in [-0.15, -0.1) is 10.2 Å². The van der Waals surface area contributed by atoms with E-state index in [9.17, 15) is 9.18 Å². The van der Waals surface area contributed by atoms with Gasteiger partial charge in [0.2, 0.25) is 0 Å². The Morgan fingerprint density at radius 2 is 2.04 bits per heavy atom. The maximum absolute atomic E-state index is 13.0. The fraction of sp³-hybridized carbons (Fsp3) is 0.250. The molecule has 0 atom stereocenters. The first-order chi connectivity index (χ1) is 12.2. The number of benzene rings is 1. The second-order valence-corrected chi connectivity index (χ2v) is 5.34. The lowest BCUT2D eigenvalue weighted by Crippen LogP contribution is -2.30. The summed E-state index contributed by atoms with van der Waals surface area (Å²) < 4.78 is 16.4. The zero-order valence-corrected chi connectivity index (χ0v) is 13.7. The van der Waals surface area contributed by atoms with Gasteiger partial charge in [-0.1, -0.05) is 12.1 Å². The number of nitrogens with one attached hydrogen (secondary N) is 2. The van der Waals surface area contributed by atoms with Crippen LogP contribution in [0.2, 0.25) is 0 Å². The third kappa shape index (κ3) is 4.19. The zero-order valence-electron chi connectivity index (χ0n) is 13.7. The van der Waals surface area contributed by atoms with Crippen LogP contribution in [0.25, 0.3) is 0 Å². The Labute approximate surface area is 143 Å². The molecule has 0 fully saturated rings. The largest absolute Gasteiger partial charge is 0.331 e. The summed E-state index contributed by atoms with van der Waals surface area (Å²) >= 11 is 0. The molecule has 25 heavy (non-hydrogen) atoms. The average molecular weight is 343 g/mol. The summed E-state index contributed by atoms with van der Waals surface area (Å²) in [6.45, 7) is 3.40. The Balaban J connectivity index is 1.58. The van der Waals surface area contributed by atoms with Gasteiger partial charge in [0.25, 0.3) is 0 Å². The van der Waals surface area contributed by atoms with Crippen molar-refractivity contribution in [2.45, 2.75) is 26.6 Å². The molecule has 2 N–H and O–H groups in total. The number of hydrogen-bond acceptors (Lipinski definition) is 4. The first-order valence-corrected chi connectivity index (χ1v) is 7.83. The Hall–Kier alpha value is -3.23. The molecule has 3 rings (SSSR count). The lowest BCUT2D eigenvalue weighted by Gasteiger charge is -2.10. The van der Waals surface area contributed by atoms with Crippen LogP contribution in [0.3, 0.4) is 0 Å². The third-order valence-corrected chi connectivity index (χ3v) is 3.65. The van der Waals surface area contributed by atoms with Crippen molar-refractivity contribution in [2.75, 3.05) is 5.32 Å². The summed E-state index contributed by atoms with van der Waals surface area (Å²) in [7, 11) is 0. The van der Waals surface area contributed by atoms with E-state index in [0.29, 0.717) is 18.2 Å². The van der Waals surface area contributed by atoms with Crippen LogP contribution < -0.4 is 10.6 Å². The van der Waals surface area contributed by atoms with Crippen LogP contribution >= 0.6 is 0 Å². The molecule has 2 amide bonds. The topological polar surface area (TPSA) is 89.7 Å². The van der Waals surface area contributed by atoms with E-state index in [0.717, 1.165) is 12.1 Å². The number of carbonyl (C=O) groups is 1. The van der Waals surface area contributed by atoms with Gasteiger partial charge < -0.3 is 9.88 Å². The van der Waals surface area contributed by atoms with Gasteiger partial charge in [-0.25, -0.2) is 13.9 Å². The van der Waals surface area contributed by atoms with E-state index in [1.54, 1.807) is 35.4 Å². The first kappa shape index (κ1) is 16.6. The standard InChI is InChI=1S/C16H18FN7O/c1-2-23-11-19-22-15(23)9-18-16(25)21-14-7-8-20-24(14)10-12-3-5-13(17)6-4-12/h3-8,11H,2,9-10H2,1H3,(H2,18,21,25). The molecule has 8 nitrogen and oxygen atoms in total. The Morgan fingerprint density at radius 3 is 2.80 bits per heavy atom. The van der Waals surface area contributed by atoms with Crippen LogP contribution in [0.1, 0.15) is 18.3 Å². The number of rotatable bonds is 6. The average Bonchev–Trinajstić information content (AvgIpc) is 3.24. The highest BCUT2D eigenvalue weighted by atomic mass is 19.1. The van der Waals surface area contributed by atoms with Crippen LogP contribution in [0, 0.1) is 5.82 Å². The maximum atomic E-state index is 13.0. The molecule has 0 saturated carbocycles. The molecule has 0 saturated heterocycles. The summed E-state index contributed by atoms with van der Waals surface area (Å²) in [4.78, 5) is 12.1. The van der Waals surface area contributed by atoms with Crippen LogP contribution in [0.4, 0.5) is 15.0 Å². The van der Waals surface area contributed by atoms with Crippen molar-refractivity contribution in [1.82, 2.24) is 29.9 Å². The molecule has 3 aromatic rings. The van der Waals surface area contributed by atoms with E-state index in [1.165, 1.54) is 12.1 Å². The van der Waals surface area contributed by atoms with Crippen LogP contribution in [-0.2, 0) is 19.6 Å². The van der Waals surface area contributed by atoms with E-state index in [1.807, 2.05) is 11.5 Å².